The highest BCUT2D eigenvalue weighted by molar-refractivity contribution is 7.90. The molecule has 0 saturated carbocycles. The van der Waals surface area contributed by atoms with Gasteiger partial charge in [0, 0.05) is 11.8 Å². The summed E-state index contributed by atoms with van der Waals surface area (Å²) in [5.74, 6) is -2.68. The van der Waals surface area contributed by atoms with Gasteiger partial charge in [-0.2, -0.15) is 0 Å². The van der Waals surface area contributed by atoms with Gasteiger partial charge in [-0.15, -0.1) is 0 Å². The molecule has 0 aromatic heterocycles. The van der Waals surface area contributed by atoms with Crippen LogP contribution in [0, 0.1) is 5.82 Å². The minimum atomic E-state index is -3.79. The maximum absolute atomic E-state index is 14.0. The van der Waals surface area contributed by atoms with Crippen molar-refractivity contribution in [1.82, 2.24) is 0 Å². The van der Waals surface area contributed by atoms with E-state index < -0.39 is 38.4 Å². The van der Waals surface area contributed by atoms with Crippen molar-refractivity contribution in [3.05, 3.63) is 23.5 Å². The van der Waals surface area contributed by atoms with Crippen LogP contribution in [0.5, 0.6) is 5.75 Å². The zero-order valence-corrected chi connectivity index (χ0v) is 11.3. The number of aliphatic hydroxyl groups is 1. The number of carbonyl (C=O) groups is 1. The first kappa shape index (κ1) is 15.4. The molecule has 0 amide bonds. The molecule has 0 aliphatic heterocycles. The van der Waals surface area contributed by atoms with E-state index in [2.05, 4.69) is 4.74 Å². The van der Waals surface area contributed by atoms with E-state index in [9.17, 15) is 22.7 Å². The third kappa shape index (κ3) is 3.02. The Morgan fingerprint density at radius 1 is 1.37 bits per heavy atom. The van der Waals surface area contributed by atoms with Gasteiger partial charge in [0.2, 0.25) is 0 Å². The summed E-state index contributed by atoms with van der Waals surface area (Å²) < 4.78 is 45.7. The summed E-state index contributed by atoms with van der Waals surface area (Å²) in [4.78, 5) is 10.6. The molecular weight excluding hydrogens is 279 g/mol. The number of esters is 1. The molecule has 0 spiro atoms. The van der Waals surface area contributed by atoms with E-state index in [1.165, 1.54) is 0 Å². The normalized spacial score (nSPS) is 12.9. The fourth-order valence-corrected chi connectivity index (χ4v) is 2.23. The van der Waals surface area contributed by atoms with Crippen LogP contribution in [-0.2, 0) is 19.4 Å². The summed E-state index contributed by atoms with van der Waals surface area (Å²) in [5, 5.41) is 9.65. The summed E-state index contributed by atoms with van der Waals surface area (Å²) in [6.45, 7) is 0. The Bertz CT molecular complexity index is 595. The smallest absolute Gasteiger partial charge is 0.339 e. The van der Waals surface area contributed by atoms with Crippen molar-refractivity contribution in [3.8, 4) is 5.75 Å². The largest absolute Gasteiger partial charge is 0.493 e. The second-order valence-corrected chi connectivity index (χ2v) is 5.68. The maximum atomic E-state index is 14.0. The number of hydrogen-bond donors (Lipinski definition) is 1. The topological polar surface area (TPSA) is 89.9 Å². The molecule has 1 aromatic carbocycles. The Hall–Kier alpha value is -1.67. The molecule has 0 aliphatic rings. The molecule has 1 unspecified atom stereocenters. The van der Waals surface area contributed by atoms with Crippen molar-refractivity contribution in [3.63, 3.8) is 0 Å². The van der Waals surface area contributed by atoms with E-state index in [1.807, 2.05) is 0 Å². The monoisotopic (exact) mass is 292 g/mol. The number of benzene rings is 1. The SMILES string of the molecule is COC(=O)C(O)c1ccc(S(C)(=O)=O)c(F)c1OC. The first-order chi connectivity index (χ1) is 8.73. The lowest BCUT2D eigenvalue weighted by Gasteiger charge is -2.15. The second kappa shape index (κ2) is 5.54. The average molecular weight is 292 g/mol. The van der Waals surface area contributed by atoms with Gasteiger partial charge in [-0.3, -0.25) is 0 Å². The molecule has 0 bridgehead atoms. The summed E-state index contributed by atoms with van der Waals surface area (Å²) in [7, 11) is -1.64. The molecule has 1 atom stereocenters. The number of carbonyl (C=O) groups excluding carboxylic acids is 1. The maximum Gasteiger partial charge on any atom is 0.339 e. The Kier molecular flexibility index (Phi) is 4.48. The lowest BCUT2D eigenvalue weighted by molar-refractivity contribution is -0.150. The van der Waals surface area contributed by atoms with E-state index in [4.69, 9.17) is 4.74 Å². The molecule has 1 aromatic rings. The zero-order chi connectivity index (χ0) is 14.8. The van der Waals surface area contributed by atoms with Gasteiger partial charge in [0.15, 0.2) is 27.5 Å². The fourth-order valence-electron chi connectivity index (χ4n) is 1.50. The van der Waals surface area contributed by atoms with Crippen LogP contribution in [-0.4, -0.2) is 40.0 Å². The lowest BCUT2D eigenvalue weighted by Crippen LogP contribution is -2.16. The number of hydrogen-bond acceptors (Lipinski definition) is 6. The highest BCUT2D eigenvalue weighted by Crippen LogP contribution is 2.32. The van der Waals surface area contributed by atoms with Gasteiger partial charge >= 0.3 is 5.97 Å². The number of rotatable bonds is 4. The first-order valence-electron chi connectivity index (χ1n) is 5.06. The van der Waals surface area contributed by atoms with Gasteiger partial charge in [-0.1, -0.05) is 6.07 Å². The Balaban J connectivity index is 3.47. The minimum absolute atomic E-state index is 0.209. The highest BCUT2D eigenvalue weighted by atomic mass is 32.2. The van der Waals surface area contributed by atoms with Crippen LogP contribution >= 0.6 is 0 Å². The van der Waals surface area contributed by atoms with E-state index in [1.54, 1.807) is 0 Å². The van der Waals surface area contributed by atoms with E-state index in [0.717, 1.165) is 32.6 Å². The van der Waals surface area contributed by atoms with Gasteiger partial charge in [-0.05, 0) is 6.07 Å². The van der Waals surface area contributed by atoms with Crippen molar-refractivity contribution in [2.24, 2.45) is 0 Å². The molecule has 6 nitrogen and oxygen atoms in total. The molecule has 1 rings (SSSR count). The zero-order valence-electron chi connectivity index (χ0n) is 10.5. The number of aliphatic hydroxyl groups excluding tert-OH is 1. The van der Waals surface area contributed by atoms with Crippen LogP contribution < -0.4 is 4.74 Å². The molecule has 0 saturated heterocycles. The van der Waals surface area contributed by atoms with E-state index in [-0.39, 0.29) is 5.56 Å². The van der Waals surface area contributed by atoms with Crippen LogP contribution in [0.2, 0.25) is 0 Å². The van der Waals surface area contributed by atoms with Crippen molar-refractivity contribution >= 4 is 15.8 Å². The van der Waals surface area contributed by atoms with Crippen molar-refractivity contribution in [2.45, 2.75) is 11.0 Å². The van der Waals surface area contributed by atoms with Crippen LogP contribution in [0.1, 0.15) is 11.7 Å². The molecular formula is C11H13FO6S. The number of halogens is 1. The molecule has 0 aliphatic carbocycles. The summed E-state index contributed by atoms with van der Waals surface area (Å²) in [6.07, 6.45) is -0.926. The third-order valence-corrected chi connectivity index (χ3v) is 3.53. The predicted octanol–water partition coefficient (Wildman–Crippen LogP) is 0.444. The molecule has 106 valence electrons. The van der Waals surface area contributed by atoms with Gasteiger partial charge in [-0.25, -0.2) is 17.6 Å². The third-order valence-electron chi connectivity index (χ3n) is 2.41. The number of sulfone groups is 1. The van der Waals surface area contributed by atoms with E-state index >= 15 is 0 Å². The lowest BCUT2D eigenvalue weighted by atomic mass is 10.1. The predicted molar refractivity (Wildman–Crippen MR) is 63.0 cm³/mol. The van der Waals surface area contributed by atoms with Crippen LogP contribution in [0.25, 0.3) is 0 Å². The number of methoxy groups -OCH3 is 2. The minimum Gasteiger partial charge on any atom is -0.493 e. The number of ether oxygens (including phenoxy) is 2. The first-order valence-corrected chi connectivity index (χ1v) is 6.95. The van der Waals surface area contributed by atoms with Gasteiger partial charge in [0.05, 0.1) is 14.2 Å². The quantitative estimate of drug-likeness (QED) is 0.810. The Morgan fingerprint density at radius 3 is 2.37 bits per heavy atom. The van der Waals surface area contributed by atoms with E-state index in [0.29, 0.717) is 0 Å². The molecule has 19 heavy (non-hydrogen) atoms. The van der Waals surface area contributed by atoms with Crippen molar-refractivity contribution in [2.75, 3.05) is 20.5 Å². The molecule has 8 heteroatoms. The van der Waals surface area contributed by atoms with Crippen LogP contribution in [0.4, 0.5) is 4.39 Å². The van der Waals surface area contributed by atoms with Crippen molar-refractivity contribution in [1.29, 1.82) is 0 Å². The van der Waals surface area contributed by atoms with Crippen LogP contribution in [0.3, 0.4) is 0 Å². The molecule has 1 N–H and O–H groups in total. The fraction of sp³-hybridized carbons (Fsp3) is 0.364. The standard InChI is InChI=1S/C11H13FO6S/c1-17-10-6(9(13)11(14)18-2)4-5-7(8(10)12)19(3,15)16/h4-5,9,13H,1-3H3. The molecule has 0 radical (unpaired) electrons. The van der Waals surface area contributed by atoms with Crippen LogP contribution in [0.15, 0.2) is 17.0 Å². The van der Waals surface area contributed by atoms with Crippen molar-refractivity contribution < 1.29 is 32.2 Å². The summed E-state index contributed by atoms with van der Waals surface area (Å²) in [6, 6.07) is 2.05. The van der Waals surface area contributed by atoms with Gasteiger partial charge in [0.25, 0.3) is 0 Å². The second-order valence-electron chi connectivity index (χ2n) is 3.70. The average Bonchev–Trinajstić information content (AvgIpc) is 2.34. The molecule has 0 fully saturated rings. The Morgan fingerprint density at radius 2 is 1.95 bits per heavy atom. The Labute approximate surface area is 109 Å². The van der Waals surface area contributed by atoms with Gasteiger partial charge < -0.3 is 14.6 Å². The van der Waals surface area contributed by atoms with Gasteiger partial charge in [0.1, 0.15) is 4.90 Å². The summed E-state index contributed by atoms with van der Waals surface area (Å²) in [5.41, 5.74) is -0.209. The highest BCUT2D eigenvalue weighted by Gasteiger charge is 2.27. The molecule has 0 heterocycles. The summed E-state index contributed by atoms with van der Waals surface area (Å²) >= 11 is 0.